The first-order valence-corrected chi connectivity index (χ1v) is 6.84. The van der Waals surface area contributed by atoms with Gasteiger partial charge in [-0.1, -0.05) is 19.1 Å². The van der Waals surface area contributed by atoms with Crippen molar-refractivity contribution in [2.45, 2.75) is 32.7 Å². The predicted molar refractivity (Wildman–Crippen MR) is 77.3 cm³/mol. The van der Waals surface area contributed by atoms with Crippen LogP contribution < -0.4 is 15.4 Å². The van der Waals surface area contributed by atoms with Gasteiger partial charge < -0.3 is 15.4 Å². The molecule has 0 spiro atoms. The van der Waals surface area contributed by atoms with Crippen molar-refractivity contribution in [1.29, 1.82) is 0 Å². The van der Waals surface area contributed by atoms with E-state index in [0.29, 0.717) is 19.1 Å². The maximum absolute atomic E-state index is 11.0. The summed E-state index contributed by atoms with van der Waals surface area (Å²) < 4.78 is 5.51. The second kappa shape index (κ2) is 8.53. The number of ether oxygens (including phenoxy) is 1. The Kier molecular flexibility index (Phi) is 6.97. The van der Waals surface area contributed by atoms with E-state index < -0.39 is 0 Å². The minimum Gasteiger partial charge on any atom is -0.493 e. The lowest BCUT2D eigenvalue weighted by Gasteiger charge is -2.14. The molecule has 2 N–H and O–H groups in total. The van der Waals surface area contributed by atoms with Gasteiger partial charge in [-0.25, -0.2) is 0 Å². The number of nitrogens with one attached hydrogen (secondary N) is 2. The van der Waals surface area contributed by atoms with Crippen LogP contribution >= 0.6 is 0 Å². The van der Waals surface area contributed by atoms with Crippen molar-refractivity contribution < 1.29 is 9.53 Å². The van der Waals surface area contributed by atoms with Crippen LogP contribution in [0.25, 0.3) is 0 Å². The third-order valence-electron chi connectivity index (χ3n) is 2.96. The van der Waals surface area contributed by atoms with Gasteiger partial charge in [-0.2, -0.15) is 0 Å². The van der Waals surface area contributed by atoms with Crippen LogP contribution in [-0.4, -0.2) is 26.1 Å². The zero-order valence-corrected chi connectivity index (χ0v) is 12.0. The van der Waals surface area contributed by atoms with E-state index in [0.717, 1.165) is 18.7 Å². The SMILES string of the molecule is CCCNC(C)c1ccc(OCCC(=O)NC)cc1. The van der Waals surface area contributed by atoms with E-state index in [-0.39, 0.29) is 5.91 Å². The highest BCUT2D eigenvalue weighted by Gasteiger charge is 2.04. The highest BCUT2D eigenvalue weighted by Crippen LogP contribution is 2.17. The lowest BCUT2D eigenvalue weighted by atomic mass is 10.1. The van der Waals surface area contributed by atoms with E-state index in [2.05, 4.69) is 36.6 Å². The summed E-state index contributed by atoms with van der Waals surface area (Å²) in [5.74, 6) is 0.796. The Hall–Kier alpha value is -1.55. The van der Waals surface area contributed by atoms with Gasteiger partial charge in [-0.15, -0.1) is 0 Å². The van der Waals surface area contributed by atoms with Crippen LogP contribution in [0.1, 0.15) is 38.3 Å². The smallest absolute Gasteiger partial charge is 0.223 e. The van der Waals surface area contributed by atoms with Crippen molar-refractivity contribution in [3.8, 4) is 5.75 Å². The fraction of sp³-hybridized carbons (Fsp3) is 0.533. The molecule has 0 heterocycles. The Bertz CT molecular complexity index is 376. The molecular weight excluding hydrogens is 240 g/mol. The van der Waals surface area contributed by atoms with Crippen LogP contribution in [0.3, 0.4) is 0 Å². The van der Waals surface area contributed by atoms with Gasteiger partial charge in [0.15, 0.2) is 0 Å². The van der Waals surface area contributed by atoms with E-state index >= 15 is 0 Å². The first-order valence-electron chi connectivity index (χ1n) is 6.84. The molecular formula is C15H24N2O2. The van der Waals surface area contributed by atoms with Gasteiger partial charge in [-0.3, -0.25) is 4.79 Å². The van der Waals surface area contributed by atoms with Crippen molar-refractivity contribution in [2.75, 3.05) is 20.2 Å². The molecule has 1 rings (SSSR count). The number of carbonyl (C=O) groups excluding carboxylic acids is 1. The number of hydrogen-bond acceptors (Lipinski definition) is 3. The molecule has 4 nitrogen and oxygen atoms in total. The lowest BCUT2D eigenvalue weighted by Crippen LogP contribution is -2.20. The molecule has 1 atom stereocenters. The summed E-state index contributed by atoms with van der Waals surface area (Å²) >= 11 is 0. The maximum atomic E-state index is 11.0. The molecule has 1 amide bonds. The minimum atomic E-state index is -0.00555. The largest absolute Gasteiger partial charge is 0.493 e. The summed E-state index contributed by atoms with van der Waals surface area (Å²) in [7, 11) is 1.63. The first-order chi connectivity index (χ1) is 9.17. The average Bonchev–Trinajstić information content (AvgIpc) is 2.45. The van der Waals surface area contributed by atoms with E-state index in [9.17, 15) is 4.79 Å². The van der Waals surface area contributed by atoms with Crippen LogP contribution in [0.5, 0.6) is 5.75 Å². The zero-order valence-electron chi connectivity index (χ0n) is 12.0. The summed E-state index contributed by atoms with van der Waals surface area (Å²) in [6, 6.07) is 8.36. The maximum Gasteiger partial charge on any atom is 0.223 e. The molecule has 0 aromatic heterocycles. The molecule has 19 heavy (non-hydrogen) atoms. The van der Waals surface area contributed by atoms with Gasteiger partial charge in [-0.05, 0) is 37.6 Å². The van der Waals surface area contributed by atoms with E-state index in [4.69, 9.17) is 4.74 Å². The van der Waals surface area contributed by atoms with Crippen molar-refractivity contribution in [2.24, 2.45) is 0 Å². The normalized spacial score (nSPS) is 11.9. The second-order valence-electron chi connectivity index (χ2n) is 4.52. The molecule has 0 fully saturated rings. The number of benzene rings is 1. The van der Waals surface area contributed by atoms with Gasteiger partial charge >= 0.3 is 0 Å². The van der Waals surface area contributed by atoms with E-state index in [1.54, 1.807) is 7.05 Å². The first kappa shape index (κ1) is 15.5. The number of rotatable bonds is 8. The number of amides is 1. The standard InChI is InChI=1S/C15H24N2O2/c1-4-10-17-12(2)13-5-7-14(8-6-13)19-11-9-15(18)16-3/h5-8,12,17H,4,9-11H2,1-3H3,(H,16,18). The lowest BCUT2D eigenvalue weighted by molar-refractivity contribution is -0.121. The molecule has 0 saturated carbocycles. The Morgan fingerprint density at radius 2 is 2.00 bits per heavy atom. The quantitative estimate of drug-likeness (QED) is 0.757. The molecule has 0 bridgehead atoms. The van der Waals surface area contributed by atoms with Crippen LogP contribution in [0.4, 0.5) is 0 Å². The summed E-state index contributed by atoms with van der Waals surface area (Å²) in [6.45, 7) is 5.73. The third kappa shape index (κ3) is 5.75. The Morgan fingerprint density at radius 3 is 2.58 bits per heavy atom. The Balaban J connectivity index is 2.40. The van der Waals surface area contributed by atoms with Gasteiger partial charge in [0, 0.05) is 13.1 Å². The molecule has 0 saturated heterocycles. The van der Waals surface area contributed by atoms with Crippen molar-refractivity contribution >= 4 is 5.91 Å². The molecule has 0 aliphatic carbocycles. The van der Waals surface area contributed by atoms with Crippen LogP contribution in [0.15, 0.2) is 24.3 Å². The zero-order chi connectivity index (χ0) is 14.1. The van der Waals surface area contributed by atoms with E-state index in [1.807, 2.05) is 12.1 Å². The fourth-order valence-electron chi connectivity index (χ4n) is 1.72. The van der Waals surface area contributed by atoms with Gasteiger partial charge in [0.25, 0.3) is 0 Å². The van der Waals surface area contributed by atoms with Crippen molar-refractivity contribution in [3.05, 3.63) is 29.8 Å². The molecule has 1 aromatic carbocycles. The number of carbonyl (C=O) groups is 1. The number of hydrogen-bond donors (Lipinski definition) is 2. The van der Waals surface area contributed by atoms with Crippen molar-refractivity contribution in [3.63, 3.8) is 0 Å². The predicted octanol–water partition coefficient (Wildman–Crippen LogP) is 2.26. The summed E-state index contributed by atoms with van der Waals surface area (Å²) in [4.78, 5) is 11.0. The molecule has 4 heteroatoms. The van der Waals surface area contributed by atoms with Gasteiger partial charge in [0.2, 0.25) is 5.91 Å². The molecule has 0 aliphatic heterocycles. The van der Waals surface area contributed by atoms with Gasteiger partial charge in [0.1, 0.15) is 5.75 Å². The van der Waals surface area contributed by atoms with Crippen LogP contribution in [0, 0.1) is 0 Å². The average molecular weight is 264 g/mol. The van der Waals surface area contributed by atoms with Gasteiger partial charge in [0.05, 0.1) is 13.0 Å². The minimum absolute atomic E-state index is 0.00555. The molecule has 1 unspecified atom stereocenters. The molecule has 1 aromatic rings. The Labute approximate surface area is 115 Å². The van der Waals surface area contributed by atoms with Crippen LogP contribution in [-0.2, 0) is 4.79 Å². The summed E-state index contributed by atoms with van der Waals surface area (Å²) in [6.07, 6.45) is 1.51. The second-order valence-corrected chi connectivity index (χ2v) is 4.52. The molecule has 106 valence electrons. The third-order valence-corrected chi connectivity index (χ3v) is 2.96. The Morgan fingerprint density at radius 1 is 1.32 bits per heavy atom. The summed E-state index contributed by atoms with van der Waals surface area (Å²) in [5, 5.41) is 6.01. The topological polar surface area (TPSA) is 50.4 Å². The summed E-state index contributed by atoms with van der Waals surface area (Å²) in [5.41, 5.74) is 1.24. The van der Waals surface area contributed by atoms with Crippen LogP contribution in [0.2, 0.25) is 0 Å². The monoisotopic (exact) mass is 264 g/mol. The molecule has 0 radical (unpaired) electrons. The molecule has 0 aliphatic rings. The van der Waals surface area contributed by atoms with Crippen molar-refractivity contribution in [1.82, 2.24) is 10.6 Å². The highest BCUT2D eigenvalue weighted by atomic mass is 16.5. The highest BCUT2D eigenvalue weighted by molar-refractivity contribution is 5.75. The fourth-order valence-corrected chi connectivity index (χ4v) is 1.72. The van der Waals surface area contributed by atoms with E-state index in [1.165, 1.54) is 5.56 Å².